The number of nitrogens with two attached hydrogens (primary N) is 1. The molecule has 1 atom stereocenters. The third-order valence-corrected chi connectivity index (χ3v) is 3.14. The quantitative estimate of drug-likeness (QED) is 0.718. The third kappa shape index (κ3) is 1.49. The van der Waals surface area contributed by atoms with Crippen LogP contribution >= 0.6 is 0 Å². The first-order valence-electron chi connectivity index (χ1n) is 5.25. The van der Waals surface area contributed by atoms with Crippen molar-refractivity contribution in [2.75, 3.05) is 0 Å². The van der Waals surface area contributed by atoms with Crippen LogP contribution in [0.5, 0.6) is 5.75 Å². The number of fused-ring (bicyclic) bond motifs is 1. The van der Waals surface area contributed by atoms with Gasteiger partial charge in [-0.1, -0.05) is 6.92 Å². The van der Waals surface area contributed by atoms with E-state index in [1.807, 2.05) is 13.0 Å². The molecule has 5 nitrogen and oxygen atoms in total. The molecule has 17 heavy (non-hydrogen) atoms. The van der Waals surface area contributed by atoms with Crippen LogP contribution in [0.4, 0.5) is 0 Å². The van der Waals surface area contributed by atoms with E-state index < -0.39 is 0 Å². The molecule has 0 saturated carbocycles. The van der Waals surface area contributed by atoms with Crippen LogP contribution in [-0.4, -0.2) is 4.57 Å². The molecular formula is C12H13N3O2. The second kappa shape index (κ2) is 3.67. The minimum atomic E-state index is -0.331. The topological polar surface area (TPSA) is 81.0 Å². The maximum absolute atomic E-state index is 12.1. The molecule has 0 fully saturated rings. The van der Waals surface area contributed by atoms with E-state index in [0.29, 0.717) is 16.9 Å². The number of hydrogen-bond donors (Lipinski definition) is 1. The first-order chi connectivity index (χ1) is 7.97. The minimum Gasteiger partial charge on any atom is -0.440 e. The maximum Gasteiger partial charge on any atom is 0.258 e. The van der Waals surface area contributed by atoms with Crippen LogP contribution in [-0.2, 0) is 7.05 Å². The molecule has 1 aromatic heterocycles. The Labute approximate surface area is 98.7 Å². The summed E-state index contributed by atoms with van der Waals surface area (Å²) in [5, 5.41) is 9.00. The highest BCUT2D eigenvalue weighted by Crippen LogP contribution is 2.35. The average molecular weight is 231 g/mol. The summed E-state index contributed by atoms with van der Waals surface area (Å²) in [5.41, 5.74) is 7.09. The van der Waals surface area contributed by atoms with Gasteiger partial charge in [-0.25, -0.2) is 0 Å². The van der Waals surface area contributed by atoms with E-state index in [2.05, 4.69) is 0 Å². The summed E-state index contributed by atoms with van der Waals surface area (Å²) in [4.78, 5) is 12.1. The van der Waals surface area contributed by atoms with Gasteiger partial charge in [0.1, 0.15) is 11.8 Å². The summed E-state index contributed by atoms with van der Waals surface area (Å²) in [6.07, 6.45) is 0. The molecule has 1 unspecified atom stereocenters. The molecule has 0 amide bonds. The molecule has 0 aliphatic carbocycles. The van der Waals surface area contributed by atoms with Crippen molar-refractivity contribution in [3.05, 3.63) is 39.1 Å². The average Bonchev–Trinajstić information content (AvgIpc) is 2.26. The zero-order chi connectivity index (χ0) is 12.7. The predicted molar refractivity (Wildman–Crippen MR) is 62.3 cm³/mol. The van der Waals surface area contributed by atoms with Crippen molar-refractivity contribution < 1.29 is 4.74 Å². The van der Waals surface area contributed by atoms with Gasteiger partial charge >= 0.3 is 0 Å². The highest BCUT2D eigenvalue weighted by atomic mass is 16.5. The zero-order valence-electron chi connectivity index (χ0n) is 9.94. The number of pyridine rings is 1. The molecular weight excluding hydrogens is 218 g/mol. The van der Waals surface area contributed by atoms with E-state index >= 15 is 0 Å². The number of aromatic nitrogens is 1. The summed E-state index contributed by atoms with van der Waals surface area (Å²) in [7, 11) is 1.69. The van der Waals surface area contributed by atoms with Gasteiger partial charge in [0.25, 0.3) is 5.56 Å². The van der Waals surface area contributed by atoms with E-state index in [1.54, 1.807) is 20.0 Å². The summed E-state index contributed by atoms with van der Waals surface area (Å²) in [6, 6.07) is 3.75. The number of nitrogens with zero attached hydrogens (tertiary/aromatic N) is 2. The van der Waals surface area contributed by atoms with Gasteiger partial charge in [0, 0.05) is 24.7 Å². The van der Waals surface area contributed by atoms with Crippen molar-refractivity contribution >= 4 is 0 Å². The van der Waals surface area contributed by atoms with Crippen LogP contribution < -0.4 is 16.0 Å². The van der Waals surface area contributed by atoms with Crippen molar-refractivity contribution in [1.82, 2.24) is 4.57 Å². The molecule has 0 bridgehead atoms. The van der Waals surface area contributed by atoms with E-state index in [0.717, 1.165) is 5.69 Å². The van der Waals surface area contributed by atoms with E-state index in [1.165, 1.54) is 4.57 Å². The van der Waals surface area contributed by atoms with Crippen molar-refractivity contribution in [1.29, 1.82) is 5.26 Å². The van der Waals surface area contributed by atoms with Crippen LogP contribution in [0.1, 0.15) is 24.1 Å². The van der Waals surface area contributed by atoms with Crippen molar-refractivity contribution in [2.45, 2.75) is 19.8 Å². The number of allylic oxidation sites excluding steroid dienone is 1. The van der Waals surface area contributed by atoms with Gasteiger partial charge in [-0.2, -0.15) is 5.26 Å². The largest absolute Gasteiger partial charge is 0.440 e. The molecule has 1 aliphatic heterocycles. The van der Waals surface area contributed by atoms with E-state index in [-0.39, 0.29) is 17.4 Å². The first-order valence-corrected chi connectivity index (χ1v) is 5.25. The second-order valence-corrected chi connectivity index (χ2v) is 4.14. The zero-order valence-corrected chi connectivity index (χ0v) is 9.94. The minimum absolute atomic E-state index is 0.0835. The normalized spacial score (nSPS) is 18.4. The van der Waals surface area contributed by atoms with Gasteiger partial charge < -0.3 is 15.0 Å². The Balaban J connectivity index is 2.75. The second-order valence-electron chi connectivity index (χ2n) is 4.14. The molecule has 2 rings (SSSR count). The molecule has 0 aromatic carbocycles. The predicted octanol–water partition coefficient (Wildman–Crippen LogP) is 0.883. The van der Waals surface area contributed by atoms with Gasteiger partial charge in [0.05, 0.1) is 11.1 Å². The Morgan fingerprint density at radius 3 is 2.82 bits per heavy atom. The molecule has 5 heteroatoms. The summed E-state index contributed by atoms with van der Waals surface area (Å²) < 4.78 is 6.88. The Bertz CT molecular complexity index is 620. The SMILES string of the molecule is Cc1cc2c(c(=O)n1C)C(C)C(C#N)=C(N)O2. The Morgan fingerprint density at radius 2 is 2.24 bits per heavy atom. The molecule has 2 heterocycles. The molecule has 88 valence electrons. The lowest BCUT2D eigenvalue weighted by molar-refractivity contribution is 0.387. The Kier molecular flexibility index (Phi) is 2.43. The van der Waals surface area contributed by atoms with E-state index in [9.17, 15) is 4.79 Å². The van der Waals surface area contributed by atoms with Gasteiger partial charge in [-0.05, 0) is 6.92 Å². The standard InChI is InChI=1S/C12H13N3O2/c1-6-4-9-10(12(16)15(6)3)7(2)8(5-13)11(14)17-9/h4,7H,14H2,1-3H3. The Morgan fingerprint density at radius 1 is 1.59 bits per heavy atom. The maximum atomic E-state index is 12.1. The number of rotatable bonds is 0. The van der Waals surface area contributed by atoms with Gasteiger partial charge in [0.2, 0.25) is 5.88 Å². The molecule has 1 aromatic rings. The lowest BCUT2D eigenvalue weighted by atomic mass is 9.92. The lowest BCUT2D eigenvalue weighted by Crippen LogP contribution is -2.30. The molecule has 0 saturated heterocycles. The molecule has 2 N–H and O–H groups in total. The fraction of sp³-hybridized carbons (Fsp3) is 0.333. The third-order valence-electron chi connectivity index (χ3n) is 3.14. The van der Waals surface area contributed by atoms with Gasteiger partial charge in [-0.15, -0.1) is 0 Å². The highest BCUT2D eigenvalue weighted by molar-refractivity contribution is 5.48. The molecule has 1 aliphatic rings. The molecule has 0 spiro atoms. The van der Waals surface area contributed by atoms with Crippen LogP contribution in [0.15, 0.2) is 22.3 Å². The van der Waals surface area contributed by atoms with Gasteiger partial charge in [-0.3, -0.25) is 4.79 Å². The summed E-state index contributed by atoms with van der Waals surface area (Å²) in [5.74, 6) is 0.206. The number of nitriles is 1. The Hall–Kier alpha value is -2.22. The molecule has 0 radical (unpaired) electrons. The summed E-state index contributed by atoms with van der Waals surface area (Å²) in [6.45, 7) is 3.60. The van der Waals surface area contributed by atoms with Crippen molar-refractivity contribution in [3.8, 4) is 11.8 Å². The summed E-state index contributed by atoms with van der Waals surface area (Å²) >= 11 is 0. The fourth-order valence-electron chi connectivity index (χ4n) is 1.98. The van der Waals surface area contributed by atoms with Crippen molar-refractivity contribution in [3.63, 3.8) is 0 Å². The number of hydrogen-bond acceptors (Lipinski definition) is 4. The first kappa shape index (κ1) is 11.3. The van der Waals surface area contributed by atoms with Gasteiger partial charge in [0.15, 0.2) is 0 Å². The number of aryl methyl sites for hydroxylation is 1. The van der Waals surface area contributed by atoms with Crippen LogP contribution in [0.3, 0.4) is 0 Å². The smallest absolute Gasteiger partial charge is 0.258 e. The fourth-order valence-corrected chi connectivity index (χ4v) is 1.98. The van der Waals surface area contributed by atoms with Crippen LogP contribution in [0.25, 0.3) is 0 Å². The lowest BCUT2D eigenvalue weighted by Gasteiger charge is -2.23. The van der Waals surface area contributed by atoms with E-state index in [4.69, 9.17) is 15.7 Å². The monoisotopic (exact) mass is 231 g/mol. The van der Waals surface area contributed by atoms with Crippen molar-refractivity contribution in [2.24, 2.45) is 12.8 Å². The van der Waals surface area contributed by atoms with Crippen LogP contribution in [0, 0.1) is 18.3 Å². The van der Waals surface area contributed by atoms with Crippen LogP contribution in [0.2, 0.25) is 0 Å². The number of ether oxygens (including phenoxy) is 1. The highest BCUT2D eigenvalue weighted by Gasteiger charge is 2.29.